The van der Waals surface area contributed by atoms with E-state index in [0.29, 0.717) is 37.2 Å². The second-order valence-electron chi connectivity index (χ2n) is 7.77. The molecule has 1 spiro atoms. The van der Waals surface area contributed by atoms with Gasteiger partial charge in [0.15, 0.2) is 17.1 Å². The van der Waals surface area contributed by atoms with E-state index in [4.69, 9.17) is 9.47 Å². The van der Waals surface area contributed by atoms with Crippen LogP contribution in [0.4, 0.5) is 0 Å². The van der Waals surface area contributed by atoms with Crippen molar-refractivity contribution in [2.75, 3.05) is 20.2 Å². The largest absolute Gasteiger partial charge is 0.504 e. The molecule has 0 aliphatic carbocycles. The molecule has 0 atom stereocenters. The van der Waals surface area contributed by atoms with Crippen molar-refractivity contribution in [3.63, 3.8) is 0 Å². The number of phenolic OH excluding ortho intramolecular Hbond substituents is 1. The van der Waals surface area contributed by atoms with E-state index in [9.17, 15) is 15.2 Å². The van der Waals surface area contributed by atoms with Crippen LogP contribution in [0.3, 0.4) is 0 Å². The Labute approximate surface area is 179 Å². The SMILES string of the molecule is COc1c(O)cccc1C(=O)N1CCC2(CC1)Oc1ccccc1-n1c(C#N)ccc12. The van der Waals surface area contributed by atoms with Crippen LogP contribution in [-0.4, -0.2) is 40.7 Å². The van der Waals surface area contributed by atoms with Gasteiger partial charge in [-0.05, 0) is 36.4 Å². The van der Waals surface area contributed by atoms with Crippen LogP contribution in [0.25, 0.3) is 5.69 Å². The van der Waals surface area contributed by atoms with Gasteiger partial charge >= 0.3 is 0 Å². The summed E-state index contributed by atoms with van der Waals surface area (Å²) in [5, 5.41) is 19.6. The van der Waals surface area contributed by atoms with E-state index in [2.05, 4.69) is 6.07 Å². The Hall–Kier alpha value is -3.92. The number of nitrogens with zero attached hydrogens (tertiary/aromatic N) is 3. The summed E-state index contributed by atoms with van der Waals surface area (Å²) < 4.78 is 13.7. The molecule has 31 heavy (non-hydrogen) atoms. The molecule has 7 heteroatoms. The van der Waals surface area contributed by atoms with Crippen LogP contribution in [0.2, 0.25) is 0 Å². The fourth-order valence-corrected chi connectivity index (χ4v) is 4.64. The molecule has 1 saturated heterocycles. The van der Waals surface area contributed by atoms with Crippen LogP contribution in [0, 0.1) is 11.3 Å². The van der Waals surface area contributed by atoms with E-state index < -0.39 is 5.60 Å². The first-order valence-corrected chi connectivity index (χ1v) is 10.1. The van der Waals surface area contributed by atoms with Gasteiger partial charge in [0.05, 0.1) is 24.1 Å². The van der Waals surface area contributed by atoms with Gasteiger partial charge in [0, 0.05) is 25.9 Å². The Kier molecular flexibility index (Phi) is 4.36. The minimum Gasteiger partial charge on any atom is -0.504 e. The quantitative estimate of drug-likeness (QED) is 0.691. The van der Waals surface area contributed by atoms with E-state index in [0.717, 1.165) is 17.1 Å². The van der Waals surface area contributed by atoms with Gasteiger partial charge in [-0.2, -0.15) is 5.26 Å². The highest BCUT2D eigenvalue weighted by Gasteiger charge is 2.45. The van der Waals surface area contributed by atoms with Gasteiger partial charge in [-0.3, -0.25) is 9.36 Å². The van der Waals surface area contributed by atoms with Gasteiger partial charge in [0.1, 0.15) is 17.5 Å². The summed E-state index contributed by atoms with van der Waals surface area (Å²) in [5.41, 5.74) is 2.08. The normalized spacial score (nSPS) is 16.1. The van der Waals surface area contributed by atoms with E-state index in [-0.39, 0.29) is 17.4 Å². The summed E-state index contributed by atoms with van der Waals surface area (Å²) in [6, 6.07) is 18.5. The Morgan fingerprint density at radius 1 is 1.13 bits per heavy atom. The predicted molar refractivity (Wildman–Crippen MR) is 113 cm³/mol. The molecule has 156 valence electrons. The van der Waals surface area contributed by atoms with E-state index in [1.54, 1.807) is 17.0 Å². The number of rotatable bonds is 2. The summed E-state index contributed by atoms with van der Waals surface area (Å²) in [5.74, 6) is 0.670. The van der Waals surface area contributed by atoms with Gasteiger partial charge in [-0.1, -0.05) is 18.2 Å². The number of phenols is 1. The molecule has 5 rings (SSSR count). The average Bonchev–Trinajstić information content (AvgIpc) is 3.25. The maximum atomic E-state index is 13.1. The van der Waals surface area contributed by atoms with Crippen molar-refractivity contribution in [2.45, 2.75) is 18.4 Å². The van der Waals surface area contributed by atoms with Crippen LogP contribution >= 0.6 is 0 Å². The molecular formula is C24H21N3O4. The van der Waals surface area contributed by atoms with Gasteiger partial charge in [-0.15, -0.1) is 0 Å². The summed E-state index contributed by atoms with van der Waals surface area (Å²) in [4.78, 5) is 14.9. The molecule has 2 aliphatic heterocycles. The highest BCUT2D eigenvalue weighted by atomic mass is 16.5. The summed E-state index contributed by atoms with van der Waals surface area (Å²) in [6.07, 6.45) is 1.17. The number of carbonyl (C=O) groups excluding carboxylic acids is 1. The third-order valence-electron chi connectivity index (χ3n) is 6.16. The second-order valence-corrected chi connectivity index (χ2v) is 7.77. The summed E-state index contributed by atoms with van der Waals surface area (Å²) in [6.45, 7) is 0.958. The predicted octanol–water partition coefficient (Wildman–Crippen LogP) is 3.59. The number of carbonyl (C=O) groups is 1. The molecule has 3 heterocycles. The maximum absolute atomic E-state index is 13.1. The number of benzene rings is 2. The molecule has 2 aliphatic rings. The first kappa shape index (κ1) is 19.1. The number of methoxy groups -OCH3 is 1. The lowest BCUT2D eigenvalue weighted by Crippen LogP contribution is -2.50. The van der Waals surface area contributed by atoms with Crippen molar-refractivity contribution in [3.8, 4) is 29.0 Å². The van der Waals surface area contributed by atoms with Gasteiger partial charge in [0.25, 0.3) is 5.91 Å². The van der Waals surface area contributed by atoms with Gasteiger partial charge in [-0.25, -0.2) is 0 Å². The molecule has 1 fully saturated rings. The minimum absolute atomic E-state index is 0.0593. The third kappa shape index (κ3) is 2.83. The number of hydrogen-bond acceptors (Lipinski definition) is 5. The van der Waals surface area contributed by atoms with E-state index in [1.807, 2.05) is 41.0 Å². The fraction of sp³-hybridized carbons (Fsp3) is 0.250. The monoisotopic (exact) mass is 415 g/mol. The number of para-hydroxylation sites is 3. The first-order chi connectivity index (χ1) is 15.1. The molecule has 0 bridgehead atoms. The number of nitriles is 1. The first-order valence-electron chi connectivity index (χ1n) is 10.1. The average molecular weight is 415 g/mol. The number of piperidine rings is 1. The van der Waals surface area contributed by atoms with Crippen LogP contribution in [0.5, 0.6) is 17.2 Å². The molecule has 0 unspecified atom stereocenters. The smallest absolute Gasteiger partial charge is 0.257 e. The number of aromatic nitrogens is 1. The summed E-state index contributed by atoms with van der Waals surface area (Å²) in [7, 11) is 1.44. The standard InChI is InChI=1S/C24H21N3O4/c1-30-22-17(5-4-7-19(22)28)23(29)26-13-11-24(12-14-26)21-10-9-16(15-25)27(21)18-6-2-3-8-20(18)31-24/h2-10,28H,11-14H2,1H3. The lowest BCUT2D eigenvalue weighted by Gasteiger charge is -2.45. The van der Waals surface area contributed by atoms with Crippen molar-refractivity contribution in [1.82, 2.24) is 9.47 Å². The second kappa shape index (κ2) is 7.10. The van der Waals surface area contributed by atoms with Gasteiger partial charge < -0.3 is 19.5 Å². The molecule has 7 nitrogen and oxygen atoms in total. The molecular weight excluding hydrogens is 394 g/mol. The Bertz CT molecular complexity index is 1220. The molecule has 1 amide bonds. The fourth-order valence-electron chi connectivity index (χ4n) is 4.64. The number of ether oxygens (including phenoxy) is 2. The minimum atomic E-state index is -0.608. The van der Waals surface area contributed by atoms with Crippen LogP contribution in [0.1, 0.15) is 34.6 Å². The number of fused-ring (bicyclic) bond motifs is 4. The van der Waals surface area contributed by atoms with Crippen molar-refractivity contribution < 1.29 is 19.4 Å². The highest BCUT2D eigenvalue weighted by molar-refractivity contribution is 5.97. The molecule has 3 aromatic rings. The van der Waals surface area contributed by atoms with Crippen LogP contribution < -0.4 is 9.47 Å². The Balaban J connectivity index is 1.46. The van der Waals surface area contributed by atoms with Gasteiger partial charge in [0.2, 0.25) is 0 Å². The maximum Gasteiger partial charge on any atom is 0.257 e. The molecule has 2 aromatic carbocycles. The number of amides is 1. The molecule has 1 N–H and O–H groups in total. The van der Waals surface area contributed by atoms with Crippen molar-refractivity contribution >= 4 is 5.91 Å². The van der Waals surface area contributed by atoms with Crippen LogP contribution in [-0.2, 0) is 5.60 Å². The number of aromatic hydroxyl groups is 1. The molecule has 0 saturated carbocycles. The number of likely N-dealkylation sites (tertiary alicyclic amines) is 1. The van der Waals surface area contributed by atoms with E-state index >= 15 is 0 Å². The lowest BCUT2D eigenvalue weighted by molar-refractivity contribution is -0.00945. The molecule has 0 radical (unpaired) electrons. The highest BCUT2D eigenvalue weighted by Crippen LogP contribution is 2.46. The third-order valence-corrected chi connectivity index (χ3v) is 6.16. The Morgan fingerprint density at radius 2 is 1.90 bits per heavy atom. The van der Waals surface area contributed by atoms with E-state index in [1.165, 1.54) is 13.2 Å². The zero-order valence-electron chi connectivity index (χ0n) is 17.0. The molecule has 1 aromatic heterocycles. The topological polar surface area (TPSA) is 87.7 Å². The van der Waals surface area contributed by atoms with Crippen molar-refractivity contribution in [2.24, 2.45) is 0 Å². The number of hydrogen-bond donors (Lipinski definition) is 1. The zero-order valence-corrected chi connectivity index (χ0v) is 17.0. The lowest BCUT2D eigenvalue weighted by atomic mass is 9.86. The van der Waals surface area contributed by atoms with Crippen molar-refractivity contribution in [1.29, 1.82) is 5.26 Å². The van der Waals surface area contributed by atoms with Crippen LogP contribution in [0.15, 0.2) is 54.6 Å². The van der Waals surface area contributed by atoms with Crippen molar-refractivity contribution in [3.05, 3.63) is 71.5 Å². The Morgan fingerprint density at radius 3 is 2.65 bits per heavy atom. The zero-order chi connectivity index (χ0) is 21.6. The summed E-state index contributed by atoms with van der Waals surface area (Å²) >= 11 is 0.